The number of benzene rings is 1. The number of hydrogen-bond donors (Lipinski definition) is 0. The van der Waals surface area contributed by atoms with Crippen LogP contribution in [0.2, 0.25) is 0 Å². The van der Waals surface area contributed by atoms with Gasteiger partial charge in [0.1, 0.15) is 0 Å². The smallest absolute Gasteiger partial charge is 0.395 e. The van der Waals surface area contributed by atoms with Gasteiger partial charge in [0.05, 0.1) is 0 Å². The minimum atomic E-state index is -3.54. The molecule has 2 rings (SSSR count). The lowest BCUT2D eigenvalue weighted by atomic mass is 10.0. The van der Waals surface area contributed by atoms with Gasteiger partial charge >= 0.3 is 6.29 Å². The van der Waals surface area contributed by atoms with E-state index in [1.54, 1.807) is 12.1 Å². The molecule has 0 bridgehead atoms. The molecule has 86 valence electrons. The van der Waals surface area contributed by atoms with Crippen LogP contribution in [0.5, 0.6) is 11.5 Å². The molecule has 0 aliphatic carbocycles. The molecule has 0 N–H and O–H groups in total. The van der Waals surface area contributed by atoms with Crippen molar-refractivity contribution in [3.63, 3.8) is 0 Å². The highest BCUT2D eigenvalue weighted by atomic mass is 19.3. The zero-order valence-electron chi connectivity index (χ0n) is 9.30. The van der Waals surface area contributed by atoms with Gasteiger partial charge in [-0.15, -0.1) is 8.78 Å². The molecule has 1 aliphatic rings. The van der Waals surface area contributed by atoms with Crippen molar-refractivity contribution in [2.75, 3.05) is 0 Å². The molecule has 0 spiro atoms. The number of halogens is 2. The Morgan fingerprint density at radius 1 is 1.25 bits per heavy atom. The SMILES string of the molecule is C/C=C(\C)c1cc2c(cc1C)OC(F)(F)O2. The highest BCUT2D eigenvalue weighted by molar-refractivity contribution is 5.69. The summed E-state index contributed by atoms with van der Waals surface area (Å²) in [6.07, 6.45) is -1.63. The number of rotatable bonds is 1. The van der Waals surface area contributed by atoms with E-state index in [9.17, 15) is 8.78 Å². The first-order valence-electron chi connectivity index (χ1n) is 4.97. The van der Waals surface area contributed by atoms with Crippen LogP contribution >= 0.6 is 0 Å². The molecule has 4 heteroatoms. The molecule has 0 saturated heterocycles. The van der Waals surface area contributed by atoms with Gasteiger partial charge in [-0.1, -0.05) is 6.08 Å². The topological polar surface area (TPSA) is 18.5 Å². The van der Waals surface area contributed by atoms with Crippen molar-refractivity contribution >= 4 is 5.57 Å². The van der Waals surface area contributed by atoms with Gasteiger partial charge in [-0.3, -0.25) is 0 Å². The Labute approximate surface area is 92.5 Å². The van der Waals surface area contributed by atoms with Gasteiger partial charge in [0.15, 0.2) is 11.5 Å². The number of alkyl halides is 2. The molecule has 0 atom stereocenters. The van der Waals surface area contributed by atoms with Crippen molar-refractivity contribution in [2.24, 2.45) is 0 Å². The molecule has 2 nitrogen and oxygen atoms in total. The van der Waals surface area contributed by atoms with Crippen LogP contribution in [0.15, 0.2) is 18.2 Å². The maximum atomic E-state index is 12.8. The van der Waals surface area contributed by atoms with Gasteiger partial charge in [-0.05, 0) is 49.6 Å². The van der Waals surface area contributed by atoms with E-state index in [-0.39, 0.29) is 11.5 Å². The summed E-state index contributed by atoms with van der Waals surface area (Å²) in [5, 5.41) is 0. The Morgan fingerprint density at radius 3 is 2.38 bits per heavy atom. The highest BCUT2D eigenvalue weighted by Crippen LogP contribution is 2.43. The molecule has 1 aromatic rings. The van der Waals surface area contributed by atoms with Crippen LogP contribution in [0.3, 0.4) is 0 Å². The van der Waals surface area contributed by atoms with Crippen LogP contribution in [0.25, 0.3) is 5.57 Å². The van der Waals surface area contributed by atoms with Crippen LogP contribution in [-0.4, -0.2) is 6.29 Å². The summed E-state index contributed by atoms with van der Waals surface area (Å²) in [6.45, 7) is 5.67. The first-order valence-corrected chi connectivity index (χ1v) is 4.97. The summed E-state index contributed by atoms with van der Waals surface area (Å²) >= 11 is 0. The van der Waals surface area contributed by atoms with Crippen LogP contribution in [0.4, 0.5) is 8.78 Å². The average molecular weight is 226 g/mol. The molecular formula is C12H12F2O2. The Balaban J connectivity index is 2.49. The second-order valence-corrected chi connectivity index (χ2v) is 3.75. The van der Waals surface area contributed by atoms with Crippen LogP contribution < -0.4 is 9.47 Å². The molecule has 16 heavy (non-hydrogen) atoms. The van der Waals surface area contributed by atoms with Crippen molar-refractivity contribution in [3.8, 4) is 11.5 Å². The second-order valence-electron chi connectivity index (χ2n) is 3.75. The van der Waals surface area contributed by atoms with E-state index in [1.807, 2.05) is 26.8 Å². The fraction of sp³-hybridized carbons (Fsp3) is 0.333. The summed E-state index contributed by atoms with van der Waals surface area (Å²) < 4.78 is 34.4. The third-order valence-electron chi connectivity index (χ3n) is 2.61. The average Bonchev–Trinajstić information content (AvgIpc) is 2.48. The fourth-order valence-electron chi connectivity index (χ4n) is 1.68. The van der Waals surface area contributed by atoms with Crippen LogP contribution in [-0.2, 0) is 0 Å². The predicted octanol–water partition coefficient (Wildman–Crippen LogP) is 3.74. The normalized spacial score (nSPS) is 17.7. The van der Waals surface area contributed by atoms with Gasteiger partial charge in [0.2, 0.25) is 0 Å². The van der Waals surface area contributed by atoms with Gasteiger partial charge in [0, 0.05) is 0 Å². The Bertz CT molecular complexity index is 464. The van der Waals surface area contributed by atoms with E-state index in [1.165, 1.54) is 0 Å². The summed E-state index contributed by atoms with van der Waals surface area (Å²) in [6, 6.07) is 3.15. The Morgan fingerprint density at radius 2 is 1.81 bits per heavy atom. The molecule has 1 aromatic carbocycles. The maximum Gasteiger partial charge on any atom is 0.586 e. The van der Waals surface area contributed by atoms with E-state index in [4.69, 9.17) is 0 Å². The molecule has 1 aliphatic heterocycles. The fourth-order valence-corrected chi connectivity index (χ4v) is 1.68. The molecule has 0 unspecified atom stereocenters. The third-order valence-corrected chi connectivity index (χ3v) is 2.61. The predicted molar refractivity (Wildman–Crippen MR) is 56.7 cm³/mol. The summed E-state index contributed by atoms with van der Waals surface area (Å²) in [5.41, 5.74) is 2.79. The molecular weight excluding hydrogens is 214 g/mol. The highest BCUT2D eigenvalue weighted by Gasteiger charge is 2.43. The zero-order valence-corrected chi connectivity index (χ0v) is 9.30. The number of aryl methyl sites for hydroxylation is 1. The van der Waals surface area contributed by atoms with Crippen LogP contribution in [0.1, 0.15) is 25.0 Å². The lowest BCUT2D eigenvalue weighted by Gasteiger charge is -2.06. The minimum Gasteiger partial charge on any atom is -0.395 e. The van der Waals surface area contributed by atoms with E-state index >= 15 is 0 Å². The summed E-state index contributed by atoms with van der Waals surface area (Å²) in [5.74, 6) is 0.182. The first-order chi connectivity index (χ1) is 7.43. The zero-order chi connectivity index (χ0) is 11.9. The lowest BCUT2D eigenvalue weighted by Crippen LogP contribution is -2.25. The Hall–Kier alpha value is -1.58. The minimum absolute atomic E-state index is 0.0896. The molecule has 0 fully saturated rings. The molecule has 1 heterocycles. The van der Waals surface area contributed by atoms with Crippen molar-refractivity contribution in [3.05, 3.63) is 29.3 Å². The quantitative estimate of drug-likeness (QED) is 0.726. The van der Waals surface area contributed by atoms with Crippen molar-refractivity contribution in [1.82, 2.24) is 0 Å². The summed E-state index contributed by atoms with van der Waals surface area (Å²) in [4.78, 5) is 0. The van der Waals surface area contributed by atoms with E-state index in [0.29, 0.717) is 0 Å². The number of fused-ring (bicyclic) bond motifs is 1. The third kappa shape index (κ3) is 1.75. The van der Waals surface area contributed by atoms with Crippen molar-refractivity contribution in [2.45, 2.75) is 27.1 Å². The van der Waals surface area contributed by atoms with Crippen LogP contribution in [0, 0.1) is 6.92 Å². The van der Waals surface area contributed by atoms with Gasteiger partial charge in [-0.25, -0.2) is 0 Å². The van der Waals surface area contributed by atoms with Gasteiger partial charge in [-0.2, -0.15) is 0 Å². The maximum absolute atomic E-state index is 12.8. The van der Waals surface area contributed by atoms with E-state index in [2.05, 4.69) is 9.47 Å². The van der Waals surface area contributed by atoms with Gasteiger partial charge < -0.3 is 9.47 Å². The van der Waals surface area contributed by atoms with E-state index < -0.39 is 6.29 Å². The molecule has 0 radical (unpaired) electrons. The first kappa shape index (κ1) is 10.9. The van der Waals surface area contributed by atoms with Crippen molar-refractivity contribution in [1.29, 1.82) is 0 Å². The number of ether oxygens (including phenoxy) is 2. The Kier molecular flexibility index (Phi) is 2.37. The second kappa shape index (κ2) is 3.47. The largest absolute Gasteiger partial charge is 0.586 e. The van der Waals surface area contributed by atoms with E-state index in [0.717, 1.165) is 16.7 Å². The molecule has 0 aromatic heterocycles. The lowest BCUT2D eigenvalue weighted by molar-refractivity contribution is -0.286. The molecule has 0 saturated carbocycles. The summed E-state index contributed by atoms with van der Waals surface area (Å²) in [7, 11) is 0. The number of allylic oxidation sites excluding steroid dienone is 2. The standard InChI is InChI=1S/C12H12F2O2/c1-4-7(2)9-6-11-10(5-8(9)3)15-12(13,14)16-11/h4-6H,1-3H3/b7-4+. The number of hydrogen-bond acceptors (Lipinski definition) is 2. The van der Waals surface area contributed by atoms with Crippen molar-refractivity contribution < 1.29 is 18.3 Å². The van der Waals surface area contributed by atoms with Gasteiger partial charge in [0.25, 0.3) is 0 Å². The monoisotopic (exact) mass is 226 g/mol. The molecule has 0 amide bonds.